The highest BCUT2D eigenvalue weighted by Gasteiger charge is 2.35. The van der Waals surface area contributed by atoms with E-state index < -0.39 is 15.9 Å². The third-order valence-corrected chi connectivity index (χ3v) is 7.85. The van der Waals surface area contributed by atoms with Crippen molar-refractivity contribution in [1.29, 1.82) is 0 Å². The molecular formula is C29H32ClN5O4S. The van der Waals surface area contributed by atoms with E-state index in [9.17, 15) is 18.0 Å². The number of nitrogens with zero attached hydrogens (tertiary/aromatic N) is 3. The number of nitrogens with one attached hydrogen (secondary N) is 2. The molecule has 0 saturated heterocycles. The first kappa shape index (κ1) is 29.3. The zero-order valence-corrected chi connectivity index (χ0v) is 24.4. The number of hydrogen-bond donors (Lipinski definition) is 2. The van der Waals surface area contributed by atoms with Crippen molar-refractivity contribution in [1.82, 2.24) is 10.2 Å². The zero-order chi connectivity index (χ0) is 29.0. The number of hydrogen-bond acceptors (Lipinski definition) is 6. The van der Waals surface area contributed by atoms with E-state index in [0.717, 1.165) is 16.7 Å². The predicted octanol–water partition coefficient (Wildman–Crippen LogP) is 4.16. The Bertz CT molecular complexity index is 1550. The van der Waals surface area contributed by atoms with Crippen LogP contribution in [0.15, 0.2) is 71.7 Å². The van der Waals surface area contributed by atoms with Crippen LogP contribution in [0.1, 0.15) is 29.5 Å². The zero-order valence-electron chi connectivity index (χ0n) is 22.8. The highest BCUT2D eigenvalue weighted by atomic mass is 35.5. The highest BCUT2D eigenvalue weighted by molar-refractivity contribution is 7.92. The second-order valence-corrected chi connectivity index (χ2v) is 12.3. The first-order valence-corrected chi connectivity index (χ1v) is 14.9. The smallest absolute Gasteiger partial charge is 0.238 e. The quantitative estimate of drug-likeness (QED) is 0.349. The molecule has 40 heavy (non-hydrogen) atoms. The Morgan fingerprint density at radius 3 is 2.42 bits per heavy atom. The van der Waals surface area contributed by atoms with E-state index in [1.54, 1.807) is 36.4 Å². The molecule has 2 amide bonds. The number of benzene rings is 3. The lowest BCUT2D eigenvalue weighted by Crippen LogP contribution is -2.35. The van der Waals surface area contributed by atoms with Gasteiger partial charge < -0.3 is 15.5 Å². The van der Waals surface area contributed by atoms with Crippen LogP contribution in [0.4, 0.5) is 17.1 Å². The van der Waals surface area contributed by atoms with Crippen LogP contribution in [0.5, 0.6) is 0 Å². The summed E-state index contributed by atoms with van der Waals surface area (Å²) < 4.78 is 26.3. The summed E-state index contributed by atoms with van der Waals surface area (Å²) in [5.41, 5.74) is 4.56. The molecule has 0 aromatic heterocycles. The Morgan fingerprint density at radius 1 is 1.05 bits per heavy atom. The van der Waals surface area contributed by atoms with Gasteiger partial charge in [-0.25, -0.2) is 8.42 Å². The molecule has 0 radical (unpaired) electrons. The fourth-order valence-corrected chi connectivity index (χ4v) is 5.57. The van der Waals surface area contributed by atoms with E-state index in [-0.39, 0.29) is 11.8 Å². The lowest BCUT2D eigenvalue weighted by Gasteiger charge is -2.24. The number of halogens is 1. The summed E-state index contributed by atoms with van der Waals surface area (Å²) in [5.74, 6) is -1.07. The largest absolute Gasteiger partial charge is 0.352 e. The molecule has 4 rings (SSSR count). The highest BCUT2D eigenvalue weighted by Crippen LogP contribution is 2.38. The molecule has 0 spiro atoms. The van der Waals surface area contributed by atoms with Gasteiger partial charge in [-0.1, -0.05) is 35.9 Å². The Morgan fingerprint density at radius 2 is 1.77 bits per heavy atom. The lowest BCUT2D eigenvalue weighted by atomic mass is 9.90. The average Bonchev–Trinajstić information content (AvgIpc) is 3.20. The Kier molecular flexibility index (Phi) is 8.92. The van der Waals surface area contributed by atoms with Crippen LogP contribution in [0.25, 0.3) is 0 Å². The topological polar surface area (TPSA) is 111 Å². The third kappa shape index (κ3) is 7.07. The predicted molar refractivity (Wildman–Crippen MR) is 160 cm³/mol. The number of rotatable bonds is 10. The minimum atomic E-state index is -3.49. The minimum Gasteiger partial charge on any atom is -0.352 e. The summed E-state index contributed by atoms with van der Waals surface area (Å²) in [6.07, 6.45) is 1.18. The molecule has 1 heterocycles. The molecule has 9 nitrogen and oxygen atoms in total. The molecule has 2 N–H and O–H groups in total. The number of carbonyl (C=O) groups excluding carboxylic acids is 2. The van der Waals surface area contributed by atoms with Crippen molar-refractivity contribution < 1.29 is 18.0 Å². The Labute approximate surface area is 239 Å². The summed E-state index contributed by atoms with van der Waals surface area (Å²) in [7, 11) is 0.281. The number of anilines is 2. The van der Waals surface area contributed by atoms with Gasteiger partial charge in [0.15, 0.2) is 0 Å². The van der Waals surface area contributed by atoms with Crippen molar-refractivity contribution in [2.75, 3.05) is 43.1 Å². The Balaban J connectivity index is 1.77. The molecule has 0 bridgehead atoms. The number of fused-ring (bicyclic) bond motifs is 1. The third-order valence-electron chi connectivity index (χ3n) is 6.42. The van der Waals surface area contributed by atoms with Gasteiger partial charge in [0.25, 0.3) is 0 Å². The van der Waals surface area contributed by atoms with Crippen molar-refractivity contribution in [2.24, 2.45) is 4.99 Å². The molecule has 1 aliphatic rings. The van der Waals surface area contributed by atoms with Gasteiger partial charge in [0.1, 0.15) is 5.92 Å². The normalized spacial score (nSPS) is 15.1. The molecule has 0 aliphatic carbocycles. The second-order valence-electron chi connectivity index (χ2n) is 9.92. The molecule has 1 aliphatic heterocycles. The van der Waals surface area contributed by atoms with Gasteiger partial charge in [-0.15, -0.1) is 0 Å². The van der Waals surface area contributed by atoms with E-state index in [0.29, 0.717) is 47.4 Å². The molecule has 1 atom stereocenters. The number of amides is 2. The molecule has 3 aromatic carbocycles. The van der Waals surface area contributed by atoms with Crippen LogP contribution < -0.4 is 14.9 Å². The van der Waals surface area contributed by atoms with Gasteiger partial charge in [0.2, 0.25) is 21.8 Å². The van der Waals surface area contributed by atoms with E-state index in [2.05, 4.69) is 10.6 Å². The monoisotopic (exact) mass is 581 g/mol. The maximum Gasteiger partial charge on any atom is 0.238 e. The number of aliphatic imine (C=N–C) groups is 1. The van der Waals surface area contributed by atoms with Crippen LogP contribution in [0.2, 0.25) is 5.02 Å². The van der Waals surface area contributed by atoms with Gasteiger partial charge in [-0.3, -0.25) is 18.9 Å². The van der Waals surface area contributed by atoms with Crippen molar-refractivity contribution in [3.63, 3.8) is 0 Å². The fraction of sp³-hybridized carbons (Fsp3) is 0.276. The van der Waals surface area contributed by atoms with E-state index >= 15 is 0 Å². The van der Waals surface area contributed by atoms with Crippen LogP contribution in [-0.2, 0) is 26.2 Å². The fourth-order valence-electron chi connectivity index (χ4n) is 4.48. The first-order chi connectivity index (χ1) is 18.9. The second kappa shape index (κ2) is 12.2. The number of sulfonamides is 1. The average molecular weight is 582 g/mol. The van der Waals surface area contributed by atoms with Crippen LogP contribution >= 0.6 is 11.6 Å². The SMILES string of the molecule is CC(=O)NCc1cccc(C(=Nc2ccc(N(CCN(C)C)S(C)(=O)=O)cc2)C2C(=O)Nc3cc(Cl)ccc32)c1. The van der Waals surface area contributed by atoms with Crippen molar-refractivity contribution in [2.45, 2.75) is 19.4 Å². The summed E-state index contributed by atoms with van der Waals surface area (Å²) in [4.78, 5) is 31.6. The van der Waals surface area contributed by atoms with Gasteiger partial charge in [0.05, 0.1) is 23.3 Å². The van der Waals surface area contributed by atoms with Crippen LogP contribution in [-0.4, -0.2) is 64.3 Å². The first-order valence-electron chi connectivity index (χ1n) is 12.7. The Hall–Kier alpha value is -3.73. The molecule has 3 aromatic rings. The lowest BCUT2D eigenvalue weighted by molar-refractivity contribution is -0.119. The summed E-state index contributed by atoms with van der Waals surface area (Å²) in [6.45, 7) is 2.66. The van der Waals surface area contributed by atoms with E-state index in [1.165, 1.54) is 17.5 Å². The van der Waals surface area contributed by atoms with E-state index in [1.807, 2.05) is 49.3 Å². The van der Waals surface area contributed by atoms with Crippen LogP contribution in [0.3, 0.4) is 0 Å². The minimum absolute atomic E-state index is 0.144. The molecule has 0 fully saturated rings. The maximum atomic E-state index is 13.3. The van der Waals surface area contributed by atoms with Crippen molar-refractivity contribution in [3.8, 4) is 0 Å². The summed E-state index contributed by atoms with van der Waals surface area (Å²) in [6, 6.07) is 19.7. The molecule has 11 heteroatoms. The van der Waals surface area contributed by atoms with Gasteiger partial charge in [0, 0.05) is 37.3 Å². The molecule has 0 saturated carbocycles. The van der Waals surface area contributed by atoms with Gasteiger partial charge in [-0.05, 0) is 73.3 Å². The maximum absolute atomic E-state index is 13.3. The van der Waals surface area contributed by atoms with Gasteiger partial charge in [-0.2, -0.15) is 0 Å². The summed E-state index contributed by atoms with van der Waals surface area (Å²) in [5, 5.41) is 6.21. The van der Waals surface area contributed by atoms with Crippen molar-refractivity contribution >= 4 is 56.2 Å². The number of likely N-dealkylation sites (N-methyl/N-ethyl adjacent to an activating group) is 1. The molecular weight excluding hydrogens is 550 g/mol. The summed E-state index contributed by atoms with van der Waals surface area (Å²) >= 11 is 6.17. The van der Waals surface area contributed by atoms with Crippen molar-refractivity contribution in [3.05, 3.63) is 88.4 Å². The van der Waals surface area contributed by atoms with E-state index in [4.69, 9.17) is 16.6 Å². The number of carbonyl (C=O) groups is 2. The standard InChI is InChI=1S/C29H32ClN5O4S/c1-19(36)31-18-20-6-5-7-21(16-20)28(27-25-13-8-22(30)17-26(25)33-29(27)37)32-23-9-11-24(12-10-23)35(40(4,38)39)15-14-34(2)3/h5-13,16-17,27H,14-15,18H2,1-4H3,(H,31,36)(H,33,37). The molecule has 1 unspecified atom stereocenters. The van der Waals surface area contributed by atoms with Crippen LogP contribution in [0, 0.1) is 0 Å². The molecule has 210 valence electrons. The van der Waals surface area contributed by atoms with Gasteiger partial charge >= 0.3 is 0 Å².